The lowest BCUT2D eigenvalue weighted by Gasteiger charge is -2.07. The summed E-state index contributed by atoms with van der Waals surface area (Å²) in [6, 6.07) is 5.05. The molecule has 1 saturated heterocycles. The minimum absolute atomic E-state index is 0.0217. The summed E-state index contributed by atoms with van der Waals surface area (Å²) in [6.07, 6.45) is -0.0676. The van der Waals surface area contributed by atoms with Crippen LogP contribution in [0.15, 0.2) is 30.5 Å². The number of amides is 1. The molecule has 1 atom stereocenters. The molecule has 2 aromatic rings. The van der Waals surface area contributed by atoms with E-state index in [1.807, 2.05) is 0 Å². The minimum atomic E-state index is -4.33. The van der Waals surface area contributed by atoms with Gasteiger partial charge in [-0.05, 0) is 30.5 Å². The largest absolute Gasteiger partial charge is 0.416 e. The number of benzene rings is 1. The van der Waals surface area contributed by atoms with E-state index in [1.165, 1.54) is 23.5 Å². The second kappa shape index (κ2) is 7.53. The SMILES string of the molecule is O=C(CC1CCCO1)Nc1ncc(Cc2ccc(C(F)(F)F)cc2)s1. The minimum Gasteiger partial charge on any atom is -0.378 e. The number of aromatic nitrogens is 1. The topological polar surface area (TPSA) is 51.2 Å². The van der Waals surface area contributed by atoms with E-state index >= 15 is 0 Å². The number of hydrogen-bond donors (Lipinski definition) is 1. The standard InChI is InChI=1S/C17H17F3N2O2S/c18-17(19,20)12-5-3-11(4-6-12)8-14-10-21-16(25-14)22-15(23)9-13-2-1-7-24-13/h3-6,10,13H,1-2,7-9H2,(H,21,22,23). The van der Waals surface area contributed by atoms with Gasteiger partial charge in [0.1, 0.15) is 0 Å². The predicted molar refractivity (Wildman–Crippen MR) is 88.6 cm³/mol. The summed E-state index contributed by atoms with van der Waals surface area (Å²) < 4.78 is 43.1. The van der Waals surface area contributed by atoms with Gasteiger partial charge in [0.15, 0.2) is 5.13 Å². The highest BCUT2D eigenvalue weighted by atomic mass is 32.1. The zero-order valence-electron chi connectivity index (χ0n) is 13.3. The van der Waals surface area contributed by atoms with Crippen molar-refractivity contribution in [3.63, 3.8) is 0 Å². The van der Waals surface area contributed by atoms with Crippen LogP contribution in [0.4, 0.5) is 18.3 Å². The summed E-state index contributed by atoms with van der Waals surface area (Å²) in [7, 11) is 0. The van der Waals surface area contributed by atoms with Crippen LogP contribution in [0.5, 0.6) is 0 Å². The predicted octanol–water partition coefficient (Wildman–Crippen LogP) is 4.26. The Morgan fingerprint density at radius 3 is 2.72 bits per heavy atom. The number of alkyl halides is 3. The molecule has 25 heavy (non-hydrogen) atoms. The lowest BCUT2D eigenvalue weighted by Crippen LogP contribution is -2.19. The summed E-state index contributed by atoms with van der Waals surface area (Å²) in [5.74, 6) is -0.137. The normalized spacial score (nSPS) is 17.6. The van der Waals surface area contributed by atoms with E-state index in [4.69, 9.17) is 4.74 Å². The summed E-state index contributed by atoms with van der Waals surface area (Å²) in [5.41, 5.74) is 0.0940. The van der Waals surface area contributed by atoms with E-state index < -0.39 is 11.7 Å². The monoisotopic (exact) mass is 370 g/mol. The fourth-order valence-corrected chi connectivity index (χ4v) is 3.51. The molecule has 0 spiro atoms. The van der Waals surface area contributed by atoms with Gasteiger partial charge in [-0.1, -0.05) is 12.1 Å². The molecule has 0 saturated carbocycles. The van der Waals surface area contributed by atoms with Gasteiger partial charge in [-0.25, -0.2) is 4.98 Å². The second-order valence-electron chi connectivity index (χ2n) is 5.89. The molecule has 1 aliphatic heterocycles. The zero-order chi connectivity index (χ0) is 17.9. The third-order valence-corrected chi connectivity index (χ3v) is 4.81. The first-order chi connectivity index (χ1) is 11.9. The number of halogens is 3. The van der Waals surface area contributed by atoms with Gasteiger partial charge in [0, 0.05) is 24.1 Å². The van der Waals surface area contributed by atoms with Crippen LogP contribution in [-0.4, -0.2) is 23.6 Å². The first kappa shape index (κ1) is 17.9. The Balaban J connectivity index is 1.55. The van der Waals surface area contributed by atoms with Crippen molar-refractivity contribution < 1.29 is 22.7 Å². The average Bonchev–Trinajstić information content (AvgIpc) is 3.19. The molecule has 3 rings (SSSR count). The number of thiazole rings is 1. The van der Waals surface area contributed by atoms with E-state index in [0.29, 0.717) is 24.6 Å². The number of rotatable bonds is 5. The van der Waals surface area contributed by atoms with Crippen molar-refractivity contribution in [1.29, 1.82) is 0 Å². The fourth-order valence-electron chi connectivity index (χ4n) is 2.64. The fraction of sp³-hybridized carbons (Fsp3) is 0.412. The van der Waals surface area contributed by atoms with Gasteiger partial charge in [-0.2, -0.15) is 13.2 Å². The first-order valence-electron chi connectivity index (χ1n) is 7.92. The van der Waals surface area contributed by atoms with E-state index in [0.717, 1.165) is 35.4 Å². The summed E-state index contributed by atoms with van der Waals surface area (Å²) in [6.45, 7) is 0.701. The van der Waals surface area contributed by atoms with Gasteiger partial charge in [-0.15, -0.1) is 11.3 Å². The van der Waals surface area contributed by atoms with E-state index in [1.54, 1.807) is 6.20 Å². The van der Waals surface area contributed by atoms with Crippen LogP contribution in [0.3, 0.4) is 0 Å². The molecule has 1 amide bonds. The number of anilines is 1. The molecule has 8 heteroatoms. The second-order valence-corrected chi connectivity index (χ2v) is 7.01. The van der Waals surface area contributed by atoms with E-state index in [-0.39, 0.29) is 12.0 Å². The molecular formula is C17H17F3N2O2S. The quantitative estimate of drug-likeness (QED) is 0.856. The number of nitrogens with zero attached hydrogens (tertiary/aromatic N) is 1. The third kappa shape index (κ3) is 5.02. The van der Waals surface area contributed by atoms with Gasteiger partial charge in [0.2, 0.25) is 5.91 Å². The molecule has 1 aliphatic rings. The van der Waals surface area contributed by atoms with Gasteiger partial charge < -0.3 is 10.1 Å². The maximum Gasteiger partial charge on any atom is 0.416 e. The molecule has 0 bridgehead atoms. The molecular weight excluding hydrogens is 353 g/mol. The molecule has 0 aliphatic carbocycles. The van der Waals surface area contributed by atoms with Crippen molar-refractivity contribution in [3.05, 3.63) is 46.5 Å². The Morgan fingerprint density at radius 1 is 1.32 bits per heavy atom. The molecule has 134 valence electrons. The molecule has 1 aromatic carbocycles. The lowest BCUT2D eigenvalue weighted by atomic mass is 10.1. The molecule has 1 N–H and O–H groups in total. The number of carbonyl (C=O) groups is 1. The maximum atomic E-state index is 12.6. The van der Waals surface area contributed by atoms with Crippen molar-refractivity contribution in [2.45, 2.75) is 38.0 Å². The van der Waals surface area contributed by atoms with Crippen LogP contribution in [0, 0.1) is 0 Å². The number of hydrogen-bond acceptors (Lipinski definition) is 4. The van der Waals surface area contributed by atoms with Gasteiger partial charge in [-0.3, -0.25) is 4.79 Å². The van der Waals surface area contributed by atoms with Crippen molar-refractivity contribution in [2.24, 2.45) is 0 Å². The van der Waals surface area contributed by atoms with Crippen LogP contribution in [-0.2, 0) is 22.1 Å². The maximum absolute atomic E-state index is 12.6. The highest BCUT2D eigenvalue weighted by Crippen LogP contribution is 2.30. The van der Waals surface area contributed by atoms with Crippen LogP contribution < -0.4 is 5.32 Å². The molecule has 1 fully saturated rings. The van der Waals surface area contributed by atoms with E-state index in [9.17, 15) is 18.0 Å². The summed E-state index contributed by atoms with van der Waals surface area (Å²) in [4.78, 5) is 17.0. The molecule has 0 radical (unpaired) electrons. The third-order valence-electron chi connectivity index (χ3n) is 3.90. The first-order valence-corrected chi connectivity index (χ1v) is 8.74. The van der Waals surface area contributed by atoms with Crippen LogP contribution in [0.2, 0.25) is 0 Å². The Morgan fingerprint density at radius 2 is 2.08 bits per heavy atom. The Kier molecular flexibility index (Phi) is 5.39. The van der Waals surface area contributed by atoms with Crippen molar-refractivity contribution in [2.75, 3.05) is 11.9 Å². The highest BCUT2D eigenvalue weighted by Gasteiger charge is 2.29. The van der Waals surface area contributed by atoms with Gasteiger partial charge in [0.25, 0.3) is 0 Å². The molecule has 1 unspecified atom stereocenters. The van der Waals surface area contributed by atoms with E-state index in [2.05, 4.69) is 10.3 Å². The van der Waals surface area contributed by atoms with Crippen molar-refractivity contribution in [3.8, 4) is 0 Å². The van der Waals surface area contributed by atoms with Gasteiger partial charge >= 0.3 is 6.18 Å². The molecule has 2 heterocycles. The average molecular weight is 370 g/mol. The summed E-state index contributed by atoms with van der Waals surface area (Å²) >= 11 is 1.32. The summed E-state index contributed by atoms with van der Waals surface area (Å²) in [5, 5.41) is 3.23. The molecule has 1 aromatic heterocycles. The molecule has 4 nitrogen and oxygen atoms in total. The number of ether oxygens (including phenoxy) is 1. The van der Waals surface area contributed by atoms with Gasteiger partial charge in [0.05, 0.1) is 18.1 Å². The Labute approximate surface area is 147 Å². The van der Waals surface area contributed by atoms with Crippen LogP contribution in [0.1, 0.15) is 35.3 Å². The van der Waals surface area contributed by atoms with Crippen LogP contribution >= 0.6 is 11.3 Å². The zero-order valence-corrected chi connectivity index (χ0v) is 14.1. The number of nitrogens with one attached hydrogen (secondary N) is 1. The highest BCUT2D eigenvalue weighted by molar-refractivity contribution is 7.15. The Bertz CT molecular complexity index is 722. The lowest BCUT2D eigenvalue weighted by molar-refractivity contribution is -0.137. The number of carbonyl (C=O) groups excluding carboxylic acids is 1. The van der Waals surface area contributed by atoms with Crippen molar-refractivity contribution in [1.82, 2.24) is 4.98 Å². The van der Waals surface area contributed by atoms with Crippen molar-refractivity contribution >= 4 is 22.4 Å². The van der Waals surface area contributed by atoms with Crippen LogP contribution in [0.25, 0.3) is 0 Å². The smallest absolute Gasteiger partial charge is 0.378 e. The Hall–Kier alpha value is -1.93.